The fraction of sp³-hybridized carbons (Fsp3) is 0.133. The number of pyridine rings is 1. The molecule has 41 heavy (non-hydrogen) atoms. The minimum Gasteiger partial charge on any atom is -0.508 e. The predicted octanol–water partition coefficient (Wildman–Crippen LogP) is 6.33. The number of alkyl halides is 3. The van der Waals surface area contributed by atoms with Crippen LogP contribution in [0.5, 0.6) is 5.75 Å². The zero-order valence-electron chi connectivity index (χ0n) is 21.4. The standard InChI is InChI=1S/C30H22F3N3O5/c1-16-15-34-28(41-16)26(11-17-5-8-21(37)9-6-17)36-27(38)25-14-23(29(39)40)22-13-19(7-10-24(22)35-25)18-3-2-4-20(12-18)30(31,32)33/h2-10,12-15,26,37H,11H2,1H3,(H,36,38)(H,39,40)/t26-/m0/s1. The van der Waals surface area contributed by atoms with Crippen LogP contribution in [-0.4, -0.2) is 32.1 Å². The van der Waals surface area contributed by atoms with E-state index in [1.807, 2.05) is 0 Å². The molecular weight excluding hydrogens is 539 g/mol. The van der Waals surface area contributed by atoms with E-state index in [0.717, 1.165) is 23.8 Å². The lowest BCUT2D eigenvalue weighted by molar-refractivity contribution is -0.137. The Hall–Kier alpha value is -5.19. The molecule has 1 amide bonds. The fourth-order valence-corrected chi connectivity index (χ4v) is 4.41. The van der Waals surface area contributed by atoms with Gasteiger partial charge in [-0.15, -0.1) is 0 Å². The molecule has 0 saturated heterocycles. The van der Waals surface area contributed by atoms with Crippen LogP contribution in [0.1, 0.15) is 49.7 Å². The van der Waals surface area contributed by atoms with Crippen LogP contribution in [0.3, 0.4) is 0 Å². The number of carboxylic acid groups (broad SMARTS) is 1. The zero-order chi connectivity index (χ0) is 29.3. The number of aromatic nitrogens is 2. The van der Waals surface area contributed by atoms with Crippen molar-refractivity contribution >= 4 is 22.8 Å². The van der Waals surface area contributed by atoms with Crippen LogP contribution in [0, 0.1) is 6.92 Å². The molecule has 0 fully saturated rings. The Balaban J connectivity index is 1.49. The molecule has 2 aromatic heterocycles. The smallest absolute Gasteiger partial charge is 0.416 e. The van der Waals surface area contributed by atoms with Gasteiger partial charge in [0.25, 0.3) is 5.91 Å². The number of hydrogen-bond acceptors (Lipinski definition) is 6. The fourth-order valence-electron chi connectivity index (χ4n) is 4.41. The first-order valence-corrected chi connectivity index (χ1v) is 12.3. The highest BCUT2D eigenvalue weighted by Crippen LogP contribution is 2.33. The lowest BCUT2D eigenvalue weighted by atomic mass is 9.98. The van der Waals surface area contributed by atoms with Gasteiger partial charge in [-0.3, -0.25) is 4.79 Å². The van der Waals surface area contributed by atoms with Crippen LogP contribution in [0.4, 0.5) is 13.2 Å². The van der Waals surface area contributed by atoms with Crippen molar-refractivity contribution in [2.75, 3.05) is 0 Å². The number of carbonyl (C=O) groups excluding carboxylic acids is 1. The van der Waals surface area contributed by atoms with Crippen molar-refractivity contribution in [3.63, 3.8) is 0 Å². The molecule has 1 atom stereocenters. The Kier molecular flexibility index (Phi) is 7.19. The van der Waals surface area contributed by atoms with Gasteiger partial charge in [0.1, 0.15) is 23.2 Å². The molecule has 11 heteroatoms. The molecule has 0 saturated carbocycles. The summed E-state index contributed by atoms with van der Waals surface area (Å²) in [5.41, 5.74) is 0.298. The van der Waals surface area contributed by atoms with Crippen LogP contribution < -0.4 is 5.32 Å². The van der Waals surface area contributed by atoms with E-state index in [2.05, 4.69) is 15.3 Å². The molecule has 0 bridgehead atoms. The molecule has 5 aromatic rings. The van der Waals surface area contributed by atoms with E-state index >= 15 is 0 Å². The number of oxazole rings is 1. The molecule has 0 radical (unpaired) electrons. The Morgan fingerprint density at radius 3 is 2.39 bits per heavy atom. The molecule has 0 spiro atoms. The number of phenols is 1. The Labute approximate surface area is 231 Å². The van der Waals surface area contributed by atoms with E-state index in [1.54, 1.807) is 19.1 Å². The number of carbonyl (C=O) groups is 2. The Morgan fingerprint density at radius 1 is 1.00 bits per heavy atom. The van der Waals surface area contributed by atoms with E-state index in [1.165, 1.54) is 48.7 Å². The van der Waals surface area contributed by atoms with E-state index in [4.69, 9.17) is 4.42 Å². The van der Waals surface area contributed by atoms with E-state index in [9.17, 15) is 33.0 Å². The Morgan fingerprint density at radius 2 is 1.73 bits per heavy atom. The Bertz CT molecular complexity index is 1760. The number of fused-ring (bicyclic) bond motifs is 1. The monoisotopic (exact) mass is 561 g/mol. The summed E-state index contributed by atoms with van der Waals surface area (Å²) in [5, 5.41) is 22.5. The summed E-state index contributed by atoms with van der Waals surface area (Å²) in [7, 11) is 0. The number of aromatic carboxylic acids is 1. The number of hydrogen-bond donors (Lipinski definition) is 3. The van der Waals surface area contributed by atoms with Crippen molar-refractivity contribution < 1.29 is 37.4 Å². The molecule has 5 rings (SSSR count). The summed E-state index contributed by atoms with van der Waals surface area (Å²) < 4.78 is 45.3. The molecule has 3 aromatic carbocycles. The highest BCUT2D eigenvalue weighted by Gasteiger charge is 2.30. The zero-order valence-corrected chi connectivity index (χ0v) is 21.4. The number of halogens is 3. The normalized spacial score (nSPS) is 12.3. The highest BCUT2D eigenvalue weighted by atomic mass is 19.4. The molecule has 208 valence electrons. The van der Waals surface area contributed by atoms with Crippen molar-refractivity contribution in [3.05, 3.63) is 113 Å². The SMILES string of the molecule is Cc1cnc([C@H](Cc2ccc(O)cc2)NC(=O)c2cc(C(=O)O)c3cc(-c4cccc(C(F)(F)F)c4)ccc3n2)o1. The molecule has 0 aliphatic carbocycles. The topological polar surface area (TPSA) is 126 Å². The first-order valence-electron chi connectivity index (χ1n) is 12.3. The summed E-state index contributed by atoms with van der Waals surface area (Å²) in [6.07, 6.45) is -2.78. The van der Waals surface area contributed by atoms with Crippen molar-refractivity contribution in [1.82, 2.24) is 15.3 Å². The van der Waals surface area contributed by atoms with E-state index in [-0.39, 0.29) is 45.8 Å². The summed E-state index contributed by atoms with van der Waals surface area (Å²) in [6, 6.07) is 15.9. The maximum atomic E-state index is 13.3. The van der Waals surface area contributed by atoms with Gasteiger partial charge in [0.15, 0.2) is 0 Å². The minimum atomic E-state index is -4.53. The molecule has 8 nitrogen and oxygen atoms in total. The second kappa shape index (κ2) is 10.8. The third-order valence-electron chi connectivity index (χ3n) is 6.41. The van der Waals surface area contributed by atoms with Crippen molar-refractivity contribution in [2.24, 2.45) is 0 Å². The molecule has 3 N–H and O–H groups in total. The third-order valence-corrected chi connectivity index (χ3v) is 6.41. The largest absolute Gasteiger partial charge is 0.508 e. The molecular formula is C30H22F3N3O5. The van der Waals surface area contributed by atoms with Gasteiger partial charge in [-0.1, -0.05) is 30.3 Å². The maximum absolute atomic E-state index is 13.3. The van der Waals surface area contributed by atoms with Crippen LogP contribution >= 0.6 is 0 Å². The summed E-state index contributed by atoms with van der Waals surface area (Å²) in [6.45, 7) is 1.70. The number of nitrogens with one attached hydrogen (secondary N) is 1. The summed E-state index contributed by atoms with van der Waals surface area (Å²) >= 11 is 0. The van der Waals surface area contributed by atoms with Gasteiger partial charge in [0, 0.05) is 11.8 Å². The lowest BCUT2D eigenvalue weighted by Gasteiger charge is -2.16. The van der Waals surface area contributed by atoms with Gasteiger partial charge >= 0.3 is 12.1 Å². The molecule has 0 aliphatic rings. The maximum Gasteiger partial charge on any atom is 0.416 e. The first kappa shape index (κ1) is 27.4. The van der Waals surface area contributed by atoms with E-state index < -0.39 is 29.7 Å². The average molecular weight is 562 g/mol. The van der Waals surface area contributed by atoms with Gasteiger partial charge in [-0.2, -0.15) is 13.2 Å². The summed E-state index contributed by atoms with van der Waals surface area (Å²) in [5.74, 6) is -1.18. The number of phenolic OH excluding ortho intramolecular Hbond substituents is 1. The van der Waals surface area contributed by atoms with Gasteiger partial charge in [-0.05, 0) is 66.1 Å². The number of carboxylic acids is 1. The lowest BCUT2D eigenvalue weighted by Crippen LogP contribution is -2.31. The number of amides is 1. The van der Waals surface area contributed by atoms with Crippen LogP contribution in [0.2, 0.25) is 0 Å². The van der Waals surface area contributed by atoms with Crippen molar-refractivity contribution in [1.29, 1.82) is 0 Å². The quantitative estimate of drug-likeness (QED) is 0.212. The first-order chi connectivity index (χ1) is 19.5. The van der Waals surface area contributed by atoms with Crippen molar-refractivity contribution in [3.8, 4) is 16.9 Å². The third kappa shape index (κ3) is 6.03. The van der Waals surface area contributed by atoms with Crippen LogP contribution in [-0.2, 0) is 12.6 Å². The van der Waals surface area contributed by atoms with Gasteiger partial charge in [-0.25, -0.2) is 14.8 Å². The number of aromatic hydroxyl groups is 1. The van der Waals surface area contributed by atoms with Gasteiger partial charge in [0.05, 0.1) is 22.8 Å². The number of aryl methyl sites for hydroxylation is 1. The van der Waals surface area contributed by atoms with E-state index in [0.29, 0.717) is 11.3 Å². The second-order valence-corrected chi connectivity index (χ2v) is 9.38. The number of rotatable bonds is 7. The van der Waals surface area contributed by atoms with Crippen LogP contribution in [0.15, 0.2) is 83.4 Å². The molecule has 2 heterocycles. The number of nitrogens with zero attached hydrogens (tertiary/aromatic N) is 2. The van der Waals surface area contributed by atoms with Gasteiger partial charge < -0.3 is 19.9 Å². The summed E-state index contributed by atoms with van der Waals surface area (Å²) in [4.78, 5) is 34.1. The highest BCUT2D eigenvalue weighted by molar-refractivity contribution is 6.06. The molecule has 0 aliphatic heterocycles. The predicted molar refractivity (Wildman–Crippen MR) is 142 cm³/mol. The van der Waals surface area contributed by atoms with Gasteiger partial charge in [0.2, 0.25) is 5.89 Å². The number of benzene rings is 3. The molecule has 0 unspecified atom stereocenters. The average Bonchev–Trinajstić information content (AvgIpc) is 3.38. The minimum absolute atomic E-state index is 0.0825. The second-order valence-electron chi connectivity index (χ2n) is 9.38. The van der Waals surface area contributed by atoms with Crippen LogP contribution in [0.25, 0.3) is 22.0 Å². The van der Waals surface area contributed by atoms with Crippen molar-refractivity contribution in [2.45, 2.75) is 25.6 Å².